The van der Waals surface area contributed by atoms with Gasteiger partial charge >= 0.3 is 0 Å². The van der Waals surface area contributed by atoms with Gasteiger partial charge in [0.1, 0.15) is 29.3 Å². The average Bonchev–Trinajstić information content (AvgIpc) is 3.02. The highest BCUT2D eigenvalue weighted by Crippen LogP contribution is 2.38. The molecule has 26 heavy (non-hydrogen) atoms. The van der Waals surface area contributed by atoms with Gasteiger partial charge in [-0.15, -0.1) is 0 Å². The fraction of sp³-hybridized carbons (Fsp3) is 0.632. The van der Waals surface area contributed by atoms with E-state index in [4.69, 9.17) is 18.9 Å². The summed E-state index contributed by atoms with van der Waals surface area (Å²) in [6, 6.07) is 9.90. The molecule has 7 heteroatoms. The molecule has 2 heterocycles. The number of hydrogen-bond donors (Lipinski definition) is 0. The summed E-state index contributed by atoms with van der Waals surface area (Å²) in [6.07, 6.45) is -0.174. The van der Waals surface area contributed by atoms with E-state index in [-0.39, 0.29) is 12.2 Å². The van der Waals surface area contributed by atoms with Crippen LogP contribution < -0.4 is 0 Å². The first-order valence-corrected chi connectivity index (χ1v) is 9.89. The molecule has 5 atom stereocenters. The second kappa shape index (κ2) is 7.48. The Morgan fingerprint density at radius 2 is 1.92 bits per heavy atom. The van der Waals surface area contributed by atoms with Crippen LogP contribution >= 0.6 is 0 Å². The lowest BCUT2D eigenvalue weighted by Crippen LogP contribution is -2.37. The Balaban J connectivity index is 1.73. The van der Waals surface area contributed by atoms with Gasteiger partial charge in [-0.2, -0.15) is 4.40 Å². The lowest BCUT2D eigenvalue weighted by atomic mass is 10.1. The van der Waals surface area contributed by atoms with Gasteiger partial charge < -0.3 is 18.9 Å². The van der Waals surface area contributed by atoms with Crippen molar-refractivity contribution in [3.05, 3.63) is 35.9 Å². The predicted octanol–water partition coefficient (Wildman–Crippen LogP) is 2.98. The third-order valence-corrected chi connectivity index (χ3v) is 5.50. The summed E-state index contributed by atoms with van der Waals surface area (Å²) in [6.45, 7) is 9.75. The van der Waals surface area contributed by atoms with Crippen molar-refractivity contribution < 1.29 is 23.2 Å². The van der Waals surface area contributed by atoms with Crippen molar-refractivity contribution in [2.75, 3.05) is 0 Å². The zero-order valence-electron chi connectivity index (χ0n) is 15.9. The van der Waals surface area contributed by atoms with E-state index < -0.39 is 33.9 Å². The Morgan fingerprint density at radius 1 is 1.23 bits per heavy atom. The first kappa shape index (κ1) is 19.6. The largest absolute Gasteiger partial charge is 0.367 e. The number of hydrogen-bond acceptors (Lipinski definition) is 5. The van der Waals surface area contributed by atoms with Gasteiger partial charge in [0.15, 0.2) is 12.1 Å². The van der Waals surface area contributed by atoms with Crippen LogP contribution in [-0.2, 0) is 36.5 Å². The minimum absolute atomic E-state index is 0.353. The highest BCUT2D eigenvalue weighted by atomic mass is 32.2. The molecule has 0 N–H and O–H groups in total. The van der Waals surface area contributed by atoms with E-state index in [1.165, 1.54) is 0 Å². The van der Waals surface area contributed by atoms with E-state index in [1.807, 2.05) is 65.0 Å². The van der Waals surface area contributed by atoms with Gasteiger partial charge in [-0.1, -0.05) is 30.3 Å². The Kier molecular flexibility index (Phi) is 5.65. The molecule has 1 unspecified atom stereocenters. The van der Waals surface area contributed by atoms with Gasteiger partial charge in [-0.3, -0.25) is 0 Å². The maximum absolute atomic E-state index is 12.2. The van der Waals surface area contributed by atoms with E-state index in [0.717, 1.165) is 5.56 Å². The molecule has 1 aromatic rings. The molecular weight excluding hydrogens is 354 g/mol. The zero-order valence-corrected chi connectivity index (χ0v) is 16.7. The van der Waals surface area contributed by atoms with Crippen molar-refractivity contribution in [3.63, 3.8) is 0 Å². The molecular formula is C19H27NO5S. The molecule has 2 fully saturated rings. The highest BCUT2D eigenvalue weighted by molar-refractivity contribution is 7.85. The molecule has 0 aliphatic carbocycles. The van der Waals surface area contributed by atoms with Gasteiger partial charge in [-0.05, 0) is 40.2 Å². The zero-order chi connectivity index (χ0) is 18.9. The summed E-state index contributed by atoms with van der Waals surface area (Å²) >= 11 is 0. The van der Waals surface area contributed by atoms with Crippen molar-refractivity contribution >= 4 is 17.2 Å². The van der Waals surface area contributed by atoms with Gasteiger partial charge in [0.05, 0.1) is 11.4 Å². The Morgan fingerprint density at radius 3 is 2.58 bits per heavy atom. The number of benzene rings is 1. The van der Waals surface area contributed by atoms with Gasteiger partial charge in [-0.25, -0.2) is 4.21 Å². The number of fused-ring (bicyclic) bond motifs is 1. The summed E-state index contributed by atoms with van der Waals surface area (Å²) in [5, 5.41) is 0. The van der Waals surface area contributed by atoms with Crippen LogP contribution in [0.15, 0.2) is 34.7 Å². The molecule has 0 amide bonds. The Bertz CT molecular complexity index is 670. The van der Waals surface area contributed by atoms with Crippen molar-refractivity contribution in [2.45, 2.75) is 76.4 Å². The smallest absolute Gasteiger partial charge is 0.190 e. The van der Waals surface area contributed by atoms with E-state index in [9.17, 15) is 4.21 Å². The van der Waals surface area contributed by atoms with E-state index in [1.54, 1.807) is 6.21 Å². The molecule has 0 radical (unpaired) electrons. The summed E-state index contributed by atoms with van der Waals surface area (Å²) < 4.78 is 39.8. The molecule has 2 aliphatic heterocycles. The van der Waals surface area contributed by atoms with Crippen molar-refractivity contribution in [3.8, 4) is 0 Å². The Hall–Kier alpha value is -1.12. The monoisotopic (exact) mass is 381 g/mol. The van der Waals surface area contributed by atoms with E-state index in [2.05, 4.69) is 4.40 Å². The van der Waals surface area contributed by atoms with Crippen LogP contribution in [0.1, 0.15) is 40.2 Å². The van der Waals surface area contributed by atoms with Gasteiger partial charge in [0.25, 0.3) is 0 Å². The van der Waals surface area contributed by atoms with Crippen molar-refractivity contribution in [1.29, 1.82) is 0 Å². The molecule has 2 saturated heterocycles. The topological polar surface area (TPSA) is 66.4 Å². The van der Waals surface area contributed by atoms with Crippen LogP contribution in [0.4, 0.5) is 0 Å². The second-order valence-corrected chi connectivity index (χ2v) is 9.88. The van der Waals surface area contributed by atoms with E-state index >= 15 is 0 Å². The third kappa shape index (κ3) is 4.58. The fourth-order valence-corrected chi connectivity index (χ4v) is 3.40. The molecule has 144 valence electrons. The van der Waals surface area contributed by atoms with Crippen LogP contribution in [0.3, 0.4) is 0 Å². The quantitative estimate of drug-likeness (QED) is 0.734. The maximum atomic E-state index is 12.2. The molecule has 2 aliphatic rings. The Labute approximate surface area is 157 Å². The first-order valence-electron chi connectivity index (χ1n) is 8.78. The second-order valence-electron chi connectivity index (χ2n) is 7.95. The predicted molar refractivity (Wildman–Crippen MR) is 100 cm³/mol. The SMILES string of the molecule is CC1(C)O[C@H]2O[C@H](/C=N/S(=O)C(C)(C)C)[C@H](OCc3ccccc3)[C@H]2O1. The number of ether oxygens (including phenoxy) is 4. The molecule has 0 bridgehead atoms. The summed E-state index contributed by atoms with van der Waals surface area (Å²) in [4.78, 5) is 0. The maximum Gasteiger partial charge on any atom is 0.190 e. The van der Waals surface area contributed by atoms with Crippen molar-refractivity contribution in [1.82, 2.24) is 0 Å². The number of rotatable bonds is 5. The molecule has 3 rings (SSSR count). The van der Waals surface area contributed by atoms with Crippen LogP contribution in [0.5, 0.6) is 0 Å². The normalized spacial score (nSPS) is 32.0. The van der Waals surface area contributed by atoms with Crippen LogP contribution in [0, 0.1) is 0 Å². The average molecular weight is 381 g/mol. The van der Waals surface area contributed by atoms with Gasteiger partial charge in [0, 0.05) is 6.21 Å². The number of nitrogens with zero attached hydrogens (tertiary/aromatic N) is 1. The summed E-state index contributed by atoms with van der Waals surface area (Å²) in [7, 11) is -1.36. The van der Waals surface area contributed by atoms with Crippen LogP contribution in [0.2, 0.25) is 0 Å². The fourth-order valence-electron chi connectivity index (χ4n) is 2.85. The van der Waals surface area contributed by atoms with Crippen molar-refractivity contribution in [2.24, 2.45) is 4.40 Å². The lowest BCUT2D eigenvalue weighted by Gasteiger charge is -2.24. The summed E-state index contributed by atoms with van der Waals surface area (Å²) in [5.74, 6) is -0.722. The first-order chi connectivity index (χ1) is 12.2. The van der Waals surface area contributed by atoms with Crippen LogP contribution in [-0.4, -0.2) is 45.6 Å². The van der Waals surface area contributed by atoms with Gasteiger partial charge in [0.2, 0.25) is 0 Å². The standard InChI is InChI=1S/C19H27NO5S/c1-18(2,3)26(21)20-11-14-15(22-12-13-9-7-6-8-10-13)16-17(23-14)25-19(4,5)24-16/h6-11,14-17H,12H2,1-5H3/b20-11+/t14-,15+,16-,17-,26?/m1/s1. The third-order valence-electron chi connectivity index (χ3n) is 4.14. The molecule has 0 aromatic heterocycles. The van der Waals surface area contributed by atoms with Crippen LogP contribution in [0.25, 0.3) is 0 Å². The summed E-state index contributed by atoms with van der Waals surface area (Å²) in [5.41, 5.74) is 1.06. The minimum Gasteiger partial charge on any atom is -0.367 e. The van der Waals surface area contributed by atoms with E-state index in [0.29, 0.717) is 6.61 Å². The lowest BCUT2D eigenvalue weighted by molar-refractivity contribution is -0.210. The highest BCUT2D eigenvalue weighted by Gasteiger charge is 2.55. The molecule has 0 saturated carbocycles. The molecule has 6 nitrogen and oxygen atoms in total. The minimum atomic E-state index is -1.36. The molecule has 1 aromatic carbocycles. The molecule has 0 spiro atoms.